The highest BCUT2D eigenvalue weighted by Crippen LogP contribution is 2.25. The summed E-state index contributed by atoms with van der Waals surface area (Å²) in [6.07, 6.45) is 5.35. The lowest BCUT2D eigenvalue weighted by atomic mass is 9.85. The van der Waals surface area contributed by atoms with Crippen LogP contribution in [0.2, 0.25) is 0 Å². The van der Waals surface area contributed by atoms with Gasteiger partial charge in [-0.1, -0.05) is 20.8 Å². The smallest absolute Gasteiger partial charge is 0.315 e. The van der Waals surface area contributed by atoms with Crippen molar-refractivity contribution in [3.63, 3.8) is 0 Å². The molecule has 10 heteroatoms. The SMILES string of the molecule is CC1CCCN1C(=O)C(NC(=O)NCC(=O)N1CCN(c2ncccn2)CC1)C(C)(C)C. The van der Waals surface area contributed by atoms with Gasteiger partial charge in [-0.15, -0.1) is 0 Å². The highest BCUT2D eigenvalue weighted by molar-refractivity contribution is 5.89. The summed E-state index contributed by atoms with van der Waals surface area (Å²) in [6, 6.07) is 0.782. The summed E-state index contributed by atoms with van der Waals surface area (Å²) in [5.41, 5.74) is -0.448. The average Bonchev–Trinajstić information content (AvgIpc) is 3.21. The first kappa shape index (κ1) is 23.7. The molecule has 10 nitrogen and oxygen atoms in total. The number of aromatic nitrogens is 2. The molecule has 2 fully saturated rings. The zero-order valence-electron chi connectivity index (χ0n) is 19.5. The van der Waals surface area contributed by atoms with Gasteiger partial charge in [0.25, 0.3) is 0 Å². The number of amides is 4. The van der Waals surface area contributed by atoms with Crippen LogP contribution in [-0.4, -0.2) is 89.0 Å². The van der Waals surface area contributed by atoms with E-state index in [-0.39, 0.29) is 24.4 Å². The molecule has 2 aliphatic heterocycles. The van der Waals surface area contributed by atoms with E-state index in [4.69, 9.17) is 0 Å². The molecular formula is C22H35N7O3. The van der Waals surface area contributed by atoms with E-state index in [2.05, 4.69) is 20.6 Å². The molecule has 2 N–H and O–H groups in total. The Morgan fingerprint density at radius 1 is 1.09 bits per heavy atom. The number of nitrogens with one attached hydrogen (secondary N) is 2. The van der Waals surface area contributed by atoms with Crippen molar-refractivity contribution >= 4 is 23.8 Å². The van der Waals surface area contributed by atoms with Crippen LogP contribution in [0.1, 0.15) is 40.5 Å². The van der Waals surface area contributed by atoms with Crippen LogP contribution in [0.15, 0.2) is 18.5 Å². The van der Waals surface area contributed by atoms with Crippen LogP contribution in [0.3, 0.4) is 0 Å². The van der Waals surface area contributed by atoms with Gasteiger partial charge in [0.2, 0.25) is 17.8 Å². The maximum Gasteiger partial charge on any atom is 0.315 e. The monoisotopic (exact) mass is 445 g/mol. The third kappa shape index (κ3) is 5.86. The number of hydrogen-bond donors (Lipinski definition) is 2. The second kappa shape index (κ2) is 10.1. The van der Waals surface area contributed by atoms with Crippen LogP contribution in [0, 0.1) is 5.41 Å². The quantitative estimate of drug-likeness (QED) is 0.695. The number of anilines is 1. The molecule has 0 spiro atoms. The number of hydrogen-bond acceptors (Lipinski definition) is 6. The molecule has 1 aromatic heterocycles. The lowest BCUT2D eigenvalue weighted by Crippen LogP contribution is -2.58. The third-order valence-electron chi connectivity index (χ3n) is 6.09. The molecule has 2 atom stereocenters. The Hall–Kier alpha value is -2.91. The average molecular weight is 446 g/mol. The van der Waals surface area contributed by atoms with Crippen molar-refractivity contribution in [1.82, 2.24) is 30.4 Å². The fourth-order valence-electron chi connectivity index (χ4n) is 4.14. The summed E-state index contributed by atoms with van der Waals surface area (Å²) in [7, 11) is 0. The Bertz CT molecular complexity index is 803. The normalized spacial score (nSPS) is 20.1. The number of carbonyl (C=O) groups is 3. The molecule has 2 unspecified atom stereocenters. The van der Waals surface area contributed by atoms with Crippen LogP contribution in [0.4, 0.5) is 10.7 Å². The Labute approximate surface area is 189 Å². The summed E-state index contributed by atoms with van der Waals surface area (Å²) in [5, 5.41) is 5.44. The van der Waals surface area contributed by atoms with Gasteiger partial charge in [-0.25, -0.2) is 14.8 Å². The minimum Gasteiger partial charge on any atom is -0.338 e. The molecule has 3 rings (SSSR count). The number of carbonyl (C=O) groups excluding carboxylic acids is 3. The first-order valence-corrected chi connectivity index (χ1v) is 11.3. The first-order valence-electron chi connectivity index (χ1n) is 11.3. The molecule has 0 aromatic carbocycles. The van der Waals surface area contributed by atoms with Crippen LogP contribution in [0.25, 0.3) is 0 Å². The molecule has 2 saturated heterocycles. The molecular weight excluding hydrogens is 410 g/mol. The maximum absolute atomic E-state index is 13.1. The summed E-state index contributed by atoms with van der Waals surface area (Å²) in [5.74, 6) is 0.436. The number of likely N-dealkylation sites (tertiary alicyclic amines) is 1. The molecule has 3 heterocycles. The Morgan fingerprint density at radius 2 is 1.75 bits per heavy atom. The molecule has 1 aromatic rings. The van der Waals surface area contributed by atoms with Crippen molar-refractivity contribution < 1.29 is 14.4 Å². The number of nitrogens with zero attached hydrogens (tertiary/aromatic N) is 5. The van der Waals surface area contributed by atoms with Gasteiger partial charge in [0.05, 0.1) is 6.54 Å². The van der Waals surface area contributed by atoms with Crippen LogP contribution >= 0.6 is 0 Å². The second-order valence-electron chi connectivity index (χ2n) is 9.57. The van der Waals surface area contributed by atoms with Crippen molar-refractivity contribution in [2.75, 3.05) is 44.2 Å². The number of urea groups is 1. The van der Waals surface area contributed by atoms with Gasteiger partial charge in [-0.05, 0) is 31.2 Å². The summed E-state index contributed by atoms with van der Waals surface area (Å²) in [4.78, 5) is 52.3. The summed E-state index contributed by atoms with van der Waals surface area (Å²) >= 11 is 0. The highest BCUT2D eigenvalue weighted by Gasteiger charge is 2.38. The summed E-state index contributed by atoms with van der Waals surface area (Å²) < 4.78 is 0. The molecule has 4 amide bonds. The molecule has 176 valence electrons. The molecule has 0 aliphatic carbocycles. The van der Waals surface area contributed by atoms with Crippen LogP contribution in [0.5, 0.6) is 0 Å². The van der Waals surface area contributed by atoms with E-state index in [9.17, 15) is 14.4 Å². The van der Waals surface area contributed by atoms with Crippen molar-refractivity contribution in [3.05, 3.63) is 18.5 Å². The van der Waals surface area contributed by atoms with Crippen molar-refractivity contribution in [3.8, 4) is 0 Å². The van der Waals surface area contributed by atoms with Gasteiger partial charge in [-0.3, -0.25) is 9.59 Å². The van der Waals surface area contributed by atoms with E-state index < -0.39 is 17.5 Å². The highest BCUT2D eigenvalue weighted by atomic mass is 16.2. The molecule has 0 bridgehead atoms. The van der Waals surface area contributed by atoms with Gasteiger partial charge < -0.3 is 25.3 Å². The molecule has 2 aliphatic rings. The van der Waals surface area contributed by atoms with Gasteiger partial charge in [0.1, 0.15) is 6.04 Å². The van der Waals surface area contributed by atoms with Crippen LogP contribution in [-0.2, 0) is 9.59 Å². The zero-order chi connectivity index (χ0) is 23.3. The van der Waals surface area contributed by atoms with E-state index in [1.54, 1.807) is 23.4 Å². The number of rotatable bonds is 5. The Kier molecular flexibility index (Phi) is 7.52. The minimum atomic E-state index is -0.660. The van der Waals surface area contributed by atoms with Gasteiger partial charge in [0.15, 0.2) is 0 Å². The fraction of sp³-hybridized carbons (Fsp3) is 0.682. The van der Waals surface area contributed by atoms with Crippen LogP contribution < -0.4 is 15.5 Å². The van der Waals surface area contributed by atoms with E-state index in [0.29, 0.717) is 38.7 Å². The van der Waals surface area contributed by atoms with E-state index >= 15 is 0 Å². The zero-order valence-corrected chi connectivity index (χ0v) is 19.5. The van der Waals surface area contributed by atoms with Crippen molar-refractivity contribution in [2.45, 2.75) is 52.6 Å². The standard InChI is InChI=1S/C22H35N7O3/c1-16-7-5-10-29(16)19(31)18(22(2,3)4)26-21(32)25-15-17(30)27-11-13-28(14-12-27)20-23-8-6-9-24-20/h6,8-9,16,18H,5,7,10-15H2,1-4H3,(H2,25,26,32). The molecule has 0 saturated carbocycles. The topological polar surface area (TPSA) is 111 Å². The Morgan fingerprint density at radius 3 is 2.31 bits per heavy atom. The van der Waals surface area contributed by atoms with Crippen molar-refractivity contribution in [2.24, 2.45) is 5.41 Å². The van der Waals surface area contributed by atoms with E-state index in [1.807, 2.05) is 37.5 Å². The van der Waals surface area contributed by atoms with Gasteiger partial charge in [-0.2, -0.15) is 0 Å². The first-order chi connectivity index (χ1) is 15.2. The number of piperazine rings is 1. The Balaban J connectivity index is 1.47. The molecule has 0 radical (unpaired) electrons. The van der Waals surface area contributed by atoms with E-state index in [0.717, 1.165) is 12.8 Å². The van der Waals surface area contributed by atoms with Gasteiger partial charge in [0, 0.05) is 51.2 Å². The lowest BCUT2D eigenvalue weighted by Gasteiger charge is -2.35. The predicted octanol–water partition coefficient (Wildman–Crippen LogP) is 0.850. The predicted molar refractivity (Wildman–Crippen MR) is 121 cm³/mol. The fourth-order valence-corrected chi connectivity index (χ4v) is 4.14. The second-order valence-corrected chi connectivity index (χ2v) is 9.57. The van der Waals surface area contributed by atoms with E-state index in [1.165, 1.54) is 0 Å². The third-order valence-corrected chi connectivity index (χ3v) is 6.09. The minimum absolute atomic E-state index is 0.0665. The summed E-state index contributed by atoms with van der Waals surface area (Å²) in [6.45, 7) is 10.8. The van der Waals surface area contributed by atoms with Crippen molar-refractivity contribution in [1.29, 1.82) is 0 Å². The largest absolute Gasteiger partial charge is 0.338 e. The maximum atomic E-state index is 13.1. The van der Waals surface area contributed by atoms with Gasteiger partial charge >= 0.3 is 6.03 Å². The molecule has 32 heavy (non-hydrogen) atoms. The lowest BCUT2D eigenvalue weighted by molar-refractivity contribution is -0.136.